The van der Waals surface area contributed by atoms with Gasteiger partial charge in [0.05, 0.1) is 18.0 Å². The van der Waals surface area contributed by atoms with E-state index < -0.39 is 5.97 Å². The van der Waals surface area contributed by atoms with E-state index in [1.165, 1.54) is 23.0 Å². The maximum absolute atomic E-state index is 11.5. The lowest BCUT2D eigenvalue weighted by atomic mass is 10.3. The summed E-state index contributed by atoms with van der Waals surface area (Å²) in [6.07, 6.45) is 6.16. The highest BCUT2D eigenvalue weighted by molar-refractivity contribution is 6.02. The summed E-state index contributed by atoms with van der Waals surface area (Å²) < 4.78 is 6.41. The van der Waals surface area contributed by atoms with Crippen LogP contribution in [-0.2, 0) is 4.84 Å². The predicted octanol–water partition coefficient (Wildman–Crippen LogP) is 0.800. The maximum atomic E-state index is 11.5. The molecule has 0 atom stereocenters. The van der Waals surface area contributed by atoms with E-state index in [2.05, 4.69) is 20.1 Å². The third-order valence-electron chi connectivity index (χ3n) is 2.50. The molecular weight excluding hydrogens is 262 g/mol. The zero-order valence-electron chi connectivity index (χ0n) is 10.1. The van der Waals surface area contributed by atoms with Crippen molar-refractivity contribution >= 4 is 17.5 Å². The Bertz CT molecular complexity index is 775. The Morgan fingerprint density at radius 1 is 1.45 bits per heavy atom. The van der Waals surface area contributed by atoms with Crippen LogP contribution >= 0.6 is 0 Å². The Kier molecular flexibility index (Phi) is 2.88. The molecule has 3 rings (SSSR count). The molecular formula is C12H9N5O3. The first-order chi connectivity index (χ1) is 9.75. The second kappa shape index (κ2) is 4.84. The van der Waals surface area contributed by atoms with Crippen LogP contribution in [0, 0.1) is 0 Å². The van der Waals surface area contributed by atoms with E-state index in [9.17, 15) is 4.79 Å². The molecule has 0 radical (unpaired) electrons. The molecule has 0 bridgehead atoms. The van der Waals surface area contributed by atoms with E-state index in [0.29, 0.717) is 11.2 Å². The number of hydrogen-bond donors (Lipinski definition) is 1. The average molecular weight is 271 g/mol. The van der Waals surface area contributed by atoms with Crippen LogP contribution < -0.4 is 5.73 Å². The van der Waals surface area contributed by atoms with Gasteiger partial charge in [0.2, 0.25) is 5.76 Å². The number of nitrogens with two attached hydrogens (primary N) is 1. The first kappa shape index (κ1) is 11.9. The van der Waals surface area contributed by atoms with Crippen LogP contribution in [0.1, 0.15) is 16.1 Å². The van der Waals surface area contributed by atoms with Gasteiger partial charge in [0, 0.05) is 12.4 Å². The number of rotatable bonds is 3. The van der Waals surface area contributed by atoms with Crippen LogP contribution in [0.25, 0.3) is 5.65 Å². The van der Waals surface area contributed by atoms with E-state index in [0.717, 1.165) is 0 Å². The van der Waals surface area contributed by atoms with Gasteiger partial charge in [-0.1, -0.05) is 5.16 Å². The molecule has 2 N–H and O–H groups in total. The molecule has 0 aliphatic heterocycles. The van der Waals surface area contributed by atoms with Crippen molar-refractivity contribution in [2.75, 3.05) is 0 Å². The lowest BCUT2D eigenvalue weighted by Crippen LogP contribution is -2.15. The number of furan rings is 1. The van der Waals surface area contributed by atoms with Crippen molar-refractivity contribution in [3.63, 3.8) is 0 Å². The third kappa shape index (κ3) is 2.09. The minimum absolute atomic E-state index is 0.00129. The molecule has 20 heavy (non-hydrogen) atoms. The van der Waals surface area contributed by atoms with Crippen LogP contribution in [0.5, 0.6) is 0 Å². The first-order valence-electron chi connectivity index (χ1n) is 5.63. The second-order valence-electron chi connectivity index (χ2n) is 3.78. The zero-order chi connectivity index (χ0) is 13.9. The Balaban J connectivity index is 1.83. The fourth-order valence-electron chi connectivity index (χ4n) is 1.59. The van der Waals surface area contributed by atoms with Crippen LogP contribution in [0.4, 0.5) is 0 Å². The van der Waals surface area contributed by atoms with Crippen molar-refractivity contribution in [3.8, 4) is 0 Å². The van der Waals surface area contributed by atoms with Gasteiger partial charge in [-0.3, -0.25) is 0 Å². The monoisotopic (exact) mass is 271 g/mol. The molecule has 0 saturated carbocycles. The molecule has 0 aliphatic carbocycles. The van der Waals surface area contributed by atoms with Crippen molar-refractivity contribution in [2.24, 2.45) is 10.9 Å². The summed E-state index contributed by atoms with van der Waals surface area (Å²) in [6, 6.07) is 4.76. The third-order valence-corrected chi connectivity index (χ3v) is 2.50. The lowest BCUT2D eigenvalue weighted by molar-refractivity contribution is 0.0479. The minimum atomic E-state index is -0.734. The summed E-state index contributed by atoms with van der Waals surface area (Å²) in [5, 5.41) is 7.62. The lowest BCUT2D eigenvalue weighted by Gasteiger charge is -1.97. The summed E-state index contributed by atoms with van der Waals surface area (Å²) in [5.41, 5.74) is 6.74. The first-order valence-corrected chi connectivity index (χ1v) is 5.63. The van der Waals surface area contributed by atoms with Crippen LogP contribution in [0.2, 0.25) is 0 Å². The number of hydrogen-bond acceptors (Lipinski definition) is 6. The average Bonchev–Trinajstić information content (AvgIpc) is 3.13. The molecule has 0 aromatic carbocycles. The largest absolute Gasteiger partial charge is 0.457 e. The molecule has 0 unspecified atom stereocenters. The smallest absolute Gasteiger partial charge is 0.400 e. The van der Waals surface area contributed by atoms with Gasteiger partial charge in [-0.15, -0.1) is 0 Å². The van der Waals surface area contributed by atoms with Gasteiger partial charge >= 0.3 is 5.97 Å². The molecule has 100 valence electrons. The molecule has 0 amide bonds. The van der Waals surface area contributed by atoms with E-state index in [1.807, 2.05) is 0 Å². The molecule has 3 aromatic heterocycles. The number of amidine groups is 1. The fourth-order valence-corrected chi connectivity index (χ4v) is 1.59. The van der Waals surface area contributed by atoms with Gasteiger partial charge in [-0.2, -0.15) is 5.10 Å². The van der Waals surface area contributed by atoms with E-state index in [4.69, 9.17) is 10.2 Å². The Morgan fingerprint density at radius 3 is 3.15 bits per heavy atom. The molecule has 0 aliphatic rings. The summed E-state index contributed by atoms with van der Waals surface area (Å²) in [7, 11) is 0. The van der Waals surface area contributed by atoms with Crippen LogP contribution in [0.15, 0.2) is 52.6 Å². The Morgan fingerprint density at radius 2 is 2.35 bits per heavy atom. The SMILES string of the molecule is N/C(=N\OC(=O)c1ccco1)c1cnn2cccnc12. The normalized spacial score (nSPS) is 11.7. The Hall–Kier alpha value is -3.16. The Labute approximate surface area is 112 Å². The van der Waals surface area contributed by atoms with E-state index >= 15 is 0 Å². The molecule has 8 nitrogen and oxygen atoms in total. The predicted molar refractivity (Wildman–Crippen MR) is 67.8 cm³/mol. The molecule has 0 fully saturated rings. The number of carbonyl (C=O) groups is 1. The molecule has 3 heterocycles. The molecule has 3 aromatic rings. The highest BCUT2D eigenvalue weighted by Crippen LogP contribution is 2.07. The molecule has 8 heteroatoms. The van der Waals surface area contributed by atoms with Crippen molar-refractivity contribution in [1.82, 2.24) is 14.6 Å². The number of aromatic nitrogens is 3. The summed E-state index contributed by atoms with van der Waals surface area (Å²) in [5.74, 6) is -0.694. The number of nitrogens with zero attached hydrogens (tertiary/aromatic N) is 4. The van der Waals surface area contributed by atoms with Crippen LogP contribution in [0.3, 0.4) is 0 Å². The van der Waals surface area contributed by atoms with Crippen molar-refractivity contribution in [1.29, 1.82) is 0 Å². The number of fused-ring (bicyclic) bond motifs is 1. The van der Waals surface area contributed by atoms with Gasteiger partial charge in [0.15, 0.2) is 11.5 Å². The zero-order valence-corrected chi connectivity index (χ0v) is 10.1. The van der Waals surface area contributed by atoms with Gasteiger partial charge in [-0.05, 0) is 18.2 Å². The second-order valence-corrected chi connectivity index (χ2v) is 3.78. The summed E-state index contributed by atoms with van der Waals surface area (Å²) in [4.78, 5) is 20.3. The van der Waals surface area contributed by atoms with Gasteiger partial charge < -0.3 is 15.0 Å². The maximum Gasteiger partial charge on any atom is 0.400 e. The quantitative estimate of drug-likeness (QED) is 0.326. The molecule has 0 saturated heterocycles. The van der Waals surface area contributed by atoms with Crippen LogP contribution in [-0.4, -0.2) is 26.4 Å². The fraction of sp³-hybridized carbons (Fsp3) is 0. The van der Waals surface area contributed by atoms with Crippen molar-refractivity contribution in [3.05, 3.63) is 54.4 Å². The van der Waals surface area contributed by atoms with Crippen molar-refractivity contribution < 1.29 is 14.0 Å². The van der Waals surface area contributed by atoms with E-state index in [1.54, 1.807) is 24.5 Å². The van der Waals surface area contributed by atoms with Crippen molar-refractivity contribution in [2.45, 2.75) is 0 Å². The van der Waals surface area contributed by atoms with Gasteiger partial charge in [-0.25, -0.2) is 14.3 Å². The highest BCUT2D eigenvalue weighted by Gasteiger charge is 2.13. The summed E-state index contributed by atoms with van der Waals surface area (Å²) >= 11 is 0. The topological polar surface area (TPSA) is 108 Å². The number of carbonyl (C=O) groups excluding carboxylic acids is 1. The summed E-state index contributed by atoms with van der Waals surface area (Å²) in [6.45, 7) is 0. The minimum Gasteiger partial charge on any atom is -0.457 e. The van der Waals surface area contributed by atoms with E-state index in [-0.39, 0.29) is 11.6 Å². The standard InChI is InChI=1S/C12H9N5O3/c13-10(16-20-12(18)9-3-1-6-19-9)8-7-15-17-5-2-4-14-11(8)17/h1-7H,(H2,13,16). The van der Waals surface area contributed by atoms with Gasteiger partial charge in [0.1, 0.15) is 0 Å². The van der Waals surface area contributed by atoms with Gasteiger partial charge in [0.25, 0.3) is 0 Å². The number of oxime groups is 1. The highest BCUT2D eigenvalue weighted by atomic mass is 16.7. The molecule has 0 spiro atoms.